The second-order valence-corrected chi connectivity index (χ2v) is 6.89. The number of benzene rings is 3. The monoisotopic (exact) mass is 323 g/mol. The van der Waals surface area contributed by atoms with Crippen molar-refractivity contribution in [2.24, 2.45) is 5.14 Å². The summed E-state index contributed by atoms with van der Waals surface area (Å²) in [5.74, 6) is 0. The van der Waals surface area contributed by atoms with E-state index in [-0.39, 0.29) is 4.90 Å². The Morgan fingerprint density at radius 2 is 1.35 bits per heavy atom. The van der Waals surface area contributed by atoms with Crippen molar-refractivity contribution >= 4 is 10.0 Å². The van der Waals surface area contributed by atoms with Crippen molar-refractivity contribution in [1.82, 2.24) is 0 Å². The van der Waals surface area contributed by atoms with Crippen LogP contribution in [0.4, 0.5) is 0 Å². The molecule has 0 unspecified atom stereocenters. The maximum Gasteiger partial charge on any atom is 0.238 e. The Balaban J connectivity index is 2.21. The second-order valence-electron chi connectivity index (χ2n) is 5.36. The maximum atomic E-state index is 12.0. The molecule has 0 aromatic heterocycles. The number of hydrogen-bond donors (Lipinski definition) is 1. The Hall–Kier alpha value is -2.43. The van der Waals surface area contributed by atoms with Crippen LogP contribution in [0.3, 0.4) is 0 Å². The van der Waals surface area contributed by atoms with Gasteiger partial charge in [-0.15, -0.1) is 0 Å². The minimum atomic E-state index is -3.78. The average Bonchev–Trinajstić information content (AvgIpc) is 2.56. The van der Waals surface area contributed by atoms with Gasteiger partial charge in [-0.2, -0.15) is 0 Å². The number of sulfonamides is 1. The van der Waals surface area contributed by atoms with Gasteiger partial charge in [-0.3, -0.25) is 0 Å². The molecular weight excluding hydrogens is 306 g/mol. The van der Waals surface area contributed by atoms with Gasteiger partial charge in [0.05, 0.1) is 4.90 Å². The normalized spacial score (nSPS) is 11.3. The third-order valence-electron chi connectivity index (χ3n) is 3.75. The Morgan fingerprint density at radius 3 is 1.96 bits per heavy atom. The molecule has 3 rings (SSSR count). The van der Waals surface area contributed by atoms with Gasteiger partial charge in [0.2, 0.25) is 10.0 Å². The summed E-state index contributed by atoms with van der Waals surface area (Å²) in [6.07, 6.45) is 0.512. The van der Waals surface area contributed by atoms with Crippen molar-refractivity contribution < 1.29 is 8.42 Å². The summed E-state index contributed by atoms with van der Waals surface area (Å²) < 4.78 is 24.0. The van der Waals surface area contributed by atoms with E-state index >= 15 is 0 Å². The Bertz CT molecular complexity index is 905. The van der Waals surface area contributed by atoms with Crippen LogP contribution in [0, 0.1) is 0 Å². The molecule has 0 spiro atoms. The Kier molecular flexibility index (Phi) is 4.28. The van der Waals surface area contributed by atoms with E-state index in [4.69, 9.17) is 5.14 Å². The second kappa shape index (κ2) is 6.36. The standard InChI is InChI=1S/C19H17NO2S/c20-23(21,22)19-13-7-12-17(16-10-5-2-6-11-16)18(19)14-15-8-3-1-4-9-15/h1-13H,14H2,(H2,20,21,22). The first kappa shape index (κ1) is 15.5. The van der Waals surface area contributed by atoms with Crippen molar-refractivity contribution in [3.8, 4) is 11.1 Å². The van der Waals surface area contributed by atoms with Crippen molar-refractivity contribution in [1.29, 1.82) is 0 Å². The SMILES string of the molecule is NS(=O)(=O)c1cccc(-c2ccccc2)c1Cc1ccccc1. The molecule has 0 saturated carbocycles. The van der Waals surface area contributed by atoms with Crippen LogP contribution >= 0.6 is 0 Å². The van der Waals surface area contributed by atoms with Crippen LogP contribution in [0.1, 0.15) is 11.1 Å². The zero-order chi connectivity index (χ0) is 16.3. The van der Waals surface area contributed by atoms with Gasteiger partial charge < -0.3 is 0 Å². The molecule has 0 saturated heterocycles. The minimum absolute atomic E-state index is 0.183. The van der Waals surface area contributed by atoms with Crippen LogP contribution in [-0.4, -0.2) is 8.42 Å². The molecule has 0 aliphatic rings. The summed E-state index contributed by atoms with van der Waals surface area (Å²) in [5, 5.41) is 5.43. The first-order valence-corrected chi connectivity index (χ1v) is 8.84. The maximum absolute atomic E-state index is 12.0. The predicted molar refractivity (Wildman–Crippen MR) is 92.5 cm³/mol. The summed E-state index contributed by atoms with van der Waals surface area (Å²) in [4.78, 5) is 0.183. The van der Waals surface area contributed by atoms with Crippen molar-refractivity contribution in [3.63, 3.8) is 0 Å². The molecule has 3 nitrogen and oxygen atoms in total. The molecule has 0 heterocycles. The minimum Gasteiger partial charge on any atom is -0.225 e. The lowest BCUT2D eigenvalue weighted by molar-refractivity contribution is 0.597. The van der Waals surface area contributed by atoms with Crippen LogP contribution in [0.15, 0.2) is 83.8 Å². The van der Waals surface area contributed by atoms with Crippen LogP contribution in [0.25, 0.3) is 11.1 Å². The Labute approximate surface area is 136 Å². The molecule has 0 radical (unpaired) electrons. The molecule has 0 amide bonds. The van der Waals surface area contributed by atoms with E-state index in [9.17, 15) is 8.42 Å². The third-order valence-corrected chi connectivity index (χ3v) is 4.74. The molecule has 0 atom stereocenters. The van der Waals surface area contributed by atoms with Crippen LogP contribution in [0.2, 0.25) is 0 Å². The van der Waals surface area contributed by atoms with Gasteiger partial charge >= 0.3 is 0 Å². The topological polar surface area (TPSA) is 60.2 Å². The van der Waals surface area contributed by atoms with Gasteiger partial charge in [-0.1, -0.05) is 72.8 Å². The molecule has 3 aromatic carbocycles. The van der Waals surface area contributed by atoms with Gasteiger partial charge in [0.15, 0.2) is 0 Å². The molecular formula is C19H17NO2S. The van der Waals surface area contributed by atoms with Crippen LogP contribution in [-0.2, 0) is 16.4 Å². The molecule has 0 aliphatic carbocycles. The lowest BCUT2D eigenvalue weighted by Gasteiger charge is -2.14. The van der Waals surface area contributed by atoms with Crippen molar-refractivity contribution in [3.05, 3.63) is 90.0 Å². The highest BCUT2D eigenvalue weighted by atomic mass is 32.2. The smallest absolute Gasteiger partial charge is 0.225 e. The van der Waals surface area contributed by atoms with E-state index in [0.717, 1.165) is 22.3 Å². The molecule has 0 aliphatic heterocycles. The number of hydrogen-bond acceptors (Lipinski definition) is 2. The largest absolute Gasteiger partial charge is 0.238 e. The van der Waals surface area contributed by atoms with Gasteiger partial charge in [0, 0.05) is 0 Å². The van der Waals surface area contributed by atoms with Crippen LogP contribution in [0.5, 0.6) is 0 Å². The quantitative estimate of drug-likeness (QED) is 0.797. The van der Waals surface area contributed by atoms with E-state index < -0.39 is 10.0 Å². The summed E-state index contributed by atoms with van der Waals surface area (Å²) in [7, 11) is -3.78. The first-order chi connectivity index (χ1) is 11.1. The fourth-order valence-electron chi connectivity index (χ4n) is 2.70. The van der Waals surface area contributed by atoms with E-state index in [1.165, 1.54) is 0 Å². The van der Waals surface area contributed by atoms with Crippen molar-refractivity contribution in [2.75, 3.05) is 0 Å². The first-order valence-electron chi connectivity index (χ1n) is 7.30. The third kappa shape index (κ3) is 3.50. The fraction of sp³-hybridized carbons (Fsp3) is 0.0526. The van der Waals surface area contributed by atoms with Crippen molar-refractivity contribution in [2.45, 2.75) is 11.3 Å². The van der Waals surface area contributed by atoms with E-state index in [1.54, 1.807) is 12.1 Å². The fourth-order valence-corrected chi connectivity index (χ4v) is 3.50. The van der Waals surface area contributed by atoms with Crippen LogP contribution < -0.4 is 5.14 Å². The van der Waals surface area contributed by atoms with Gasteiger partial charge in [-0.25, -0.2) is 13.6 Å². The summed E-state index contributed by atoms with van der Waals surface area (Å²) in [6, 6.07) is 24.8. The summed E-state index contributed by atoms with van der Waals surface area (Å²) >= 11 is 0. The molecule has 23 heavy (non-hydrogen) atoms. The lowest BCUT2D eigenvalue weighted by Crippen LogP contribution is -2.15. The number of nitrogens with two attached hydrogens (primary N) is 1. The predicted octanol–water partition coefficient (Wildman–Crippen LogP) is 3.59. The molecule has 0 fully saturated rings. The summed E-state index contributed by atoms with van der Waals surface area (Å²) in [5.41, 5.74) is 3.64. The highest BCUT2D eigenvalue weighted by Crippen LogP contribution is 2.30. The highest BCUT2D eigenvalue weighted by Gasteiger charge is 2.18. The molecule has 3 aromatic rings. The number of primary sulfonamides is 1. The lowest BCUT2D eigenvalue weighted by atomic mass is 9.95. The molecule has 116 valence electrons. The summed E-state index contributed by atoms with van der Waals surface area (Å²) in [6.45, 7) is 0. The van der Waals surface area contributed by atoms with Gasteiger partial charge in [-0.05, 0) is 34.7 Å². The molecule has 4 heteroatoms. The highest BCUT2D eigenvalue weighted by molar-refractivity contribution is 7.89. The average molecular weight is 323 g/mol. The Morgan fingerprint density at radius 1 is 0.739 bits per heavy atom. The van der Waals surface area contributed by atoms with E-state index in [1.807, 2.05) is 66.7 Å². The van der Waals surface area contributed by atoms with E-state index in [0.29, 0.717) is 6.42 Å². The zero-order valence-corrected chi connectivity index (χ0v) is 13.3. The molecule has 0 bridgehead atoms. The zero-order valence-electron chi connectivity index (χ0n) is 12.5. The van der Waals surface area contributed by atoms with Gasteiger partial charge in [0.25, 0.3) is 0 Å². The molecule has 2 N–H and O–H groups in total. The number of rotatable bonds is 4. The van der Waals surface area contributed by atoms with Gasteiger partial charge in [0.1, 0.15) is 0 Å². The van der Waals surface area contributed by atoms with E-state index in [2.05, 4.69) is 0 Å².